The molecule has 0 aromatic carbocycles. The van der Waals surface area contributed by atoms with Gasteiger partial charge in [-0.3, -0.25) is 0 Å². The number of rotatable bonds is 20. The van der Waals surface area contributed by atoms with Crippen molar-refractivity contribution in [3.05, 3.63) is 69.8 Å². The molecule has 0 saturated carbocycles. The first-order valence-corrected chi connectivity index (χ1v) is 25.5. The zero-order valence-electron chi connectivity index (χ0n) is 37.5. The molecule has 4 aromatic rings. The number of halogens is 2. The Kier molecular flexibility index (Phi) is 19.3. The third-order valence-corrected chi connectivity index (χ3v) is 15.8. The first-order valence-electron chi connectivity index (χ1n) is 21.3. The summed E-state index contributed by atoms with van der Waals surface area (Å²) in [6, 6.07) is 0.0905. The zero-order valence-corrected chi connectivity index (χ0v) is 40.7. The molecule has 0 N–H and O–H groups in total. The normalized spacial score (nSPS) is 19.2. The average Bonchev–Trinajstić information content (AvgIpc) is 3.90. The second-order valence-corrected chi connectivity index (χ2v) is 20.9. The van der Waals surface area contributed by atoms with Crippen LogP contribution in [0.3, 0.4) is 0 Å². The molecule has 20 nitrogen and oxygen atoms in total. The van der Waals surface area contributed by atoms with Crippen LogP contribution in [0.4, 0.5) is 0 Å². The van der Waals surface area contributed by atoms with E-state index in [1.807, 2.05) is 9.13 Å². The fraction of sp³-hybridized carbons (Fsp3) is 0.700. The molecule has 0 bridgehead atoms. The van der Waals surface area contributed by atoms with Gasteiger partial charge in [0.05, 0.1) is 60.2 Å². The van der Waals surface area contributed by atoms with Crippen molar-refractivity contribution >= 4 is 42.9 Å². The maximum atomic E-state index is 13.4. The minimum absolute atomic E-state index is 0.0452. The van der Waals surface area contributed by atoms with Gasteiger partial charge in [-0.15, -0.1) is 20.4 Å². The lowest BCUT2D eigenvalue weighted by Gasteiger charge is -2.26. The highest BCUT2D eigenvalue weighted by Crippen LogP contribution is 2.32. The van der Waals surface area contributed by atoms with Crippen molar-refractivity contribution < 1.29 is 45.3 Å². The standard InChI is InChI=1S/2C20H30ClN5O5S/c2*1-5-15(6-2)26-17(24-25-20(26)16-11-30-7-8-31-16)12-32(27,28)13(3)18(29-4)19-22-9-14(21)10-23-19/h2*9-10,13,15-16,18H,5-8,11-12H2,1-4H3/t13-,16+,18-;13-,16-,18-/m00/s1. The molecular formula is C40H60Cl2N10O10S2. The van der Waals surface area contributed by atoms with Crippen molar-refractivity contribution in [2.75, 3.05) is 53.9 Å². The Morgan fingerprint density at radius 3 is 1.23 bits per heavy atom. The molecule has 0 aliphatic carbocycles. The summed E-state index contributed by atoms with van der Waals surface area (Å²) >= 11 is 11.7. The van der Waals surface area contributed by atoms with Crippen LogP contribution in [-0.4, -0.2) is 131 Å². The fourth-order valence-corrected chi connectivity index (χ4v) is 10.7. The maximum Gasteiger partial charge on any atom is 0.164 e. The Labute approximate surface area is 385 Å². The molecule has 2 fully saturated rings. The quantitative estimate of drug-likeness (QED) is 0.103. The largest absolute Gasteiger partial charge is 0.376 e. The molecule has 0 spiro atoms. The summed E-state index contributed by atoms with van der Waals surface area (Å²) in [7, 11) is -4.55. The van der Waals surface area contributed by atoms with Crippen molar-refractivity contribution in [2.45, 2.75) is 126 Å². The van der Waals surface area contributed by atoms with Gasteiger partial charge in [0.2, 0.25) is 0 Å². The Morgan fingerprint density at radius 1 is 0.609 bits per heavy atom. The van der Waals surface area contributed by atoms with Gasteiger partial charge in [0.15, 0.2) is 43.0 Å². The third kappa shape index (κ3) is 12.6. The summed E-state index contributed by atoms with van der Waals surface area (Å²) in [5, 5.41) is 16.0. The highest BCUT2D eigenvalue weighted by Gasteiger charge is 2.38. The lowest BCUT2D eigenvalue weighted by atomic mass is 10.1. The summed E-state index contributed by atoms with van der Waals surface area (Å²) < 4.78 is 90.9. The Morgan fingerprint density at radius 2 is 0.953 bits per heavy atom. The van der Waals surface area contributed by atoms with Gasteiger partial charge in [-0.05, 0) is 39.5 Å². The molecule has 2 saturated heterocycles. The number of aromatic nitrogens is 10. The average molecular weight is 976 g/mol. The second kappa shape index (κ2) is 23.9. The molecule has 0 radical (unpaired) electrons. The van der Waals surface area contributed by atoms with E-state index in [-0.39, 0.29) is 47.4 Å². The van der Waals surface area contributed by atoms with Gasteiger partial charge in [0.1, 0.15) is 47.6 Å². The van der Waals surface area contributed by atoms with E-state index in [4.69, 9.17) is 51.6 Å². The van der Waals surface area contributed by atoms with E-state index in [0.717, 1.165) is 25.7 Å². The highest BCUT2D eigenvalue weighted by atomic mass is 35.5. The van der Waals surface area contributed by atoms with Crippen molar-refractivity contribution in [1.29, 1.82) is 0 Å². The predicted octanol–water partition coefficient (Wildman–Crippen LogP) is 5.72. The first kappa shape index (κ1) is 51.7. The van der Waals surface area contributed by atoms with Crippen LogP contribution in [0.5, 0.6) is 0 Å². The molecule has 24 heteroatoms. The van der Waals surface area contributed by atoms with Crippen molar-refractivity contribution in [3.8, 4) is 0 Å². The molecule has 356 valence electrons. The van der Waals surface area contributed by atoms with Gasteiger partial charge in [-0.25, -0.2) is 36.8 Å². The summed E-state index contributed by atoms with van der Waals surface area (Å²) in [5.74, 6) is 1.87. The number of ether oxygens (including phenoxy) is 6. The zero-order chi connectivity index (χ0) is 46.6. The van der Waals surface area contributed by atoms with Crippen LogP contribution < -0.4 is 0 Å². The molecule has 0 amide bonds. The lowest BCUT2D eigenvalue weighted by Crippen LogP contribution is -2.31. The van der Waals surface area contributed by atoms with Gasteiger partial charge < -0.3 is 37.6 Å². The van der Waals surface area contributed by atoms with Crippen LogP contribution in [-0.2, 0) is 59.6 Å². The van der Waals surface area contributed by atoms with E-state index in [9.17, 15) is 16.8 Å². The first-order chi connectivity index (χ1) is 30.6. The van der Waals surface area contributed by atoms with Gasteiger partial charge in [0.25, 0.3) is 0 Å². The molecule has 6 heterocycles. The molecule has 2 aliphatic rings. The molecule has 4 aromatic heterocycles. The van der Waals surface area contributed by atoms with E-state index in [2.05, 4.69) is 68.0 Å². The number of methoxy groups -OCH3 is 2. The molecule has 64 heavy (non-hydrogen) atoms. The van der Waals surface area contributed by atoms with E-state index >= 15 is 0 Å². The van der Waals surface area contributed by atoms with Crippen LogP contribution in [0.15, 0.2) is 24.8 Å². The smallest absolute Gasteiger partial charge is 0.164 e. The topological polar surface area (TPSA) is 237 Å². The number of hydrogen-bond acceptors (Lipinski definition) is 18. The van der Waals surface area contributed by atoms with Crippen molar-refractivity contribution in [2.24, 2.45) is 0 Å². The maximum absolute atomic E-state index is 13.4. The summed E-state index contributed by atoms with van der Waals surface area (Å²) in [4.78, 5) is 16.5. The minimum Gasteiger partial charge on any atom is -0.376 e. The van der Waals surface area contributed by atoms with Crippen LogP contribution in [0.2, 0.25) is 10.0 Å². The molecule has 6 rings (SSSR count). The molecule has 2 aliphatic heterocycles. The van der Waals surface area contributed by atoms with E-state index < -0.39 is 42.4 Å². The molecular weight excluding hydrogens is 916 g/mol. The number of nitrogens with zero attached hydrogens (tertiary/aromatic N) is 10. The summed E-state index contributed by atoms with van der Waals surface area (Å²) in [6.45, 7) is 14.1. The number of sulfone groups is 2. The van der Waals surface area contributed by atoms with Gasteiger partial charge in [-0.1, -0.05) is 50.9 Å². The van der Waals surface area contributed by atoms with Crippen molar-refractivity contribution in [1.82, 2.24) is 49.5 Å². The van der Waals surface area contributed by atoms with E-state index in [1.54, 1.807) is 13.8 Å². The van der Waals surface area contributed by atoms with Gasteiger partial charge >= 0.3 is 0 Å². The molecule has 6 atom stereocenters. The molecule has 0 unspecified atom stereocenters. The van der Waals surface area contributed by atoms with Gasteiger partial charge in [0, 0.05) is 51.1 Å². The van der Waals surface area contributed by atoms with Crippen LogP contribution in [0.25, 0.3) is 0 Å². The van der Waals surface area contributed by atoms with E-state index in [1.165, 1.54) is 39.0 Å². The predicted molar refractivity (Wildman–Crippen MR) is 236 cm³/mol. The Balaban J connectivity index is 0.000000241. The Hall–Kier alpha value is -3.32. The van der Waals surface area contributed by atoms with Crippen molar-refractivity contribution in [3.63, 3.8) is 0 Å². The second-order valence-electron chi connectivity index (χ2n) is 15.4. The third-order valence-electron chi connectivity index (χ3n) is 11.4. The Bertz CT molecular complexity index is 2110. The monoisotopic (exact) mass is 974 g/mol. The summed E-state index contributed by atoms with van der Waals surface area (Å²) in [6.07, 6.45) is 6.42. The highest BCUT2D eigenvalue weighted by molar-refractivity contribution is 7.91. The number of hydrogen-bond donors (Lipinski definition) is 0. The van der Waals surface area contributed by atoms with Gasteiger partial charge in [-0.2, -0.15) is 0 Å². The van der Waals surface area contributed by atoms with Crippen LogP contribution in [0.1, 0.15) is 139 Å². The van der Waals surface area contributed by atoms with Crippen LogP contribution >= 0.6 is 23.2 Å². The summed E-state index contributed by atoms with van der Waals surface area (Å²) in [5.41, 5.74) is 0. The van der Waals surface area contributed by atoms with E-state index in [0.29, 0.717) is 73.0 Å². The lowest BCUT2D eigenvalue weighted by molar-refractivity contribution is -0.0952. The van der Waals surface area contributed by atoms with Crippen LogP contribution in [0, 0.1) is 0 Å². The SMILES string of the molecule is CCC(CC)n1c(CS(=O)(=O)[C@@H](C)[C@H](OC)c2ncc(Cl)cn2)nnc1[C@@H]1COCCO1.CCC(CC)n1c(CS(=O)(=O)[C@@H](C)[C@H](OC)c2ncc(Cl)cn2)nnc1[C@H]1COCCO1. The fourth-order valence-electron chi connectivity index (χ4n) is 7.64. The minimum atomic E-state index is -3.71.